The van der Waals surface area contributed by atoms with Gasteiger partial charge in [-0.2, -0.15) is 0 Å². The lowest BCUT2D eigenvalue weighted by Crippen LogP contribution is -2.65. The van der Waals surface area contributed by atoms with Crippen LogP contribution in [0.4, 0.5) is 0 Å². The number of ether oxygens (including phenoxy) is 2. The molecule has 6 aliphatic rings. The van der Waals surface area contributed by atoms with Crippen molar-refractivity contribution in [2.75, 3.05) is 13.2 Å². The van der Waals surface area contributed by atoms with E-state index in [4.69, 9.17) is 15.2 Å². The van der Waals surface area contributed by atoms with Gasteiger partial charge in [0.2, 0.25) is 0 Å². The molecule has 1 heterocycles. The maximum absolute atomic E-state index is 10.9. The summed E-state index contributed by atoms with van der Waals surface area (Å²) >= 11 is 0. The molecule has 5 aliphatic carbocycles. The number of aliphatic hydroxyl groups is 6. The SMILES string of the molecule is CC(CCC(O)C(O)C(O)COC1OC(CN)C(O)C(O)C1O)C1CCC2(C)C1CCC1(C)C2CCC2C3(C)CCCC(C)(C)C3CCC21C. The van der Waals surface area contributed by atoms with E-state index in [1.165, 1.54) is 70.6 Å². The molecule has 290 valence electrons. The lowest BCUT2D eigenvalue weighted by Gasteiger charge is -2.73. The Morgan fingerprint density at radius 3 is 2.00 bits per heavy atom. The van der Waals surface area contributed by atoms with Crippen LogP contribution in [0.5, 0.6) is 0 Å². The normalized spacial score (nSPS) is 51.0. The highest BCUT2D eigenvalue weighted by Crippen LogP contribution is 2.78. The summed E-state index contributed by atoms with van der Waals surface area (Å²) in [5, 5.41) is 62.7. The molecular weight excluding hydrogens is 634 g/mol. The van der Waals surface area contributed by atoms with Crippen molar-refractivity contribution in [3.05, 3.63) is 0 Å². The molecule has 0 aromatic rings. The minimum absolute atomic E-state index is 0.0911. The summed E-state index contributed by atoms with van der Waals surface area (Å²) in [6, 6.07) is 0. The molecule has 9 nitrogen and oxygen atoms in total. The average molecular weight is 708 g/mol. The van der Waals surface area contributed by atoms with Crippen molar-refractivity contribution in [3.8, 4) is 0 Å². The molecular formula is C41H73NO8. The first-order valence-corrected chi connectivity index (χ1v) is 20.4. The molecule has 8 N–H and O–H groups in total. The Bertz CT molecular complexity index is 1190. The van der Waals surface area contributed by atoms with Crippen molar-refractivity contribution < 1.29 is 40.1 Å². The van der Waals surface area contributed by atoms with E-state index < -0.39 is 55.6 Å². The summed E-state index contributed by atoms with van der Waals surface area (Å²) in [7, 11) is 0. The van der Waals surface area contributed by atoms with Crippen molar-refractivity contribution in [2.24, 2.45) is 68.3 Å². The van der Waals surface area contributed by atoms with Gasteiger partial charge < -0.3 is 45.8 Å². The second-order valence-electron chi connectivity index (χ2n) is 20.1. The molecule has 5 saturated carbocycles. The Kier molecular flexibility index (Phi) is 11.1. The van der Waals surface area contributed by atoms with E-state index in [1.807, 2.05) is 0 Å². The minimum Gasteiger partial charge on any atom is -0.390 e. The molecule has 0 aromatic heterocycles. The van der Waals surface area contributed by atoms with E-state index in [1.54, 1.807) is 0 Å². The van der Waals surface area contributed by atoms with E-state index >= 15 is 0 Å². The van der Waals surface area contributed by atoms with Gasteiger partial charge in [0.05, 0.1) is 12.7 Å². The van der Waals surface area contributed by atoms with Crippen molar-refractivity contribution >= 4 is 0 Å². The van der Waals surface area contributed by atoms with Gasteiger partial charge in [-0.05, 0) is 140 Å². The zero-order valence-electron chi connectivity index (χ0n) is 32.3. The van der Waals surface area contributed by atoms with Gasteiger partial charge in [-0.1, -0.05) is 54.9 Å². The minimum atomic E-state index is -1.54. The molecule has 0 bridgehead atoms. The maximum Gasteiger partial charge on any atom is 0.186 e. The lowest BCUT2D eigenvalue weighted by molar-refractivity contribution is -0.300. The third kappa shape index (κ3) is 6.17. The first-order chi connectivity index (χ1) is 23.4. The Morgan fingerprint density at radius 2 is 1.34 bits per heavy atom. The van der Waals surface area contributed by atoms with Gasteiger partial charge in [-0.3, -0.25) is 0 Å². The molecule has 0 radical (unpaired) electrons. The van der Waals surface area contributed by atoms with Crippen molar-refractivity contribution in [1.82, 2.24) is 0 Å². The van der Waals surface area contributed by atoms with Crippen LogP contribution < -0.4 is 5.73 Å². The van der Waals surface area contributed by atoms with E-state index in [2.05, 4.69) is 48.5 Å². The maximum atomic E-state index is 10.9. The zero-order chi connectivity index (χ0) is 36.6. The average Bonchev–Trinajstić information content (AvgIpc) is 3.42. The molecule has 1 saturated heterocycles. The summed E-state index contributed by atoms with van der Waals surface area (Å²) < 4.78 is 10.9. The van der Waals surface area contributed by atoms with Crippen molar-refractivity contribution in [1.29, 1.82) is 0 Å². The predicted octanol–water partition coefficient (Wildman–Crippen LogP) is 4.76. The van der Waals surface area contributed by atoms with Crippen molar-refractivity contribution in [2.45, 2.75) is 181 Å². The second kappa shape index (κ2) is 14.1. The summed E-state index contributed by atoms with van der Waals surface area (Å²) in [6.45, 7) is 17.7. The fraction of sp³-hybridized carbons (Fsp3) is 1.00. The van der Waals surface area contributed by atoms with Gasteiger partial charge >= 0.3 is 0 Å². The Labute approximate surface area is 302 Å². The molecule has 9 heteroatoms. The number of fused-ring (bicyclic) bond motifs is 7. The van der Waals surface area contributed by atoms with Gasteiger partial charge in [0, 0.05) is 6.54 Å². The van der Waals surface area contributed by atoms with Crippen LogP contribution in [0.1, 0.15) is 132 Å². The first-order valence-electron chi connectivity index (χ1n) is 20.4. The third-order valence-corrected chi connectivity index (χ3v) is 17.5. The summed E-state index contributed by atoms with van der Waals surface area (Å²) in [6.07, 6.45) is 5.33. The second-order valence-corrected chi connectivity index (χ2v) is 20.1. The third-order valence-electron chi connectivity index (χ3n) is 17.5. The fourth-order valence-corrected chi connectivity index (χ4v) is 14.6. The highest BCUT2D eigenvalue weighted by molar-refractivity contribution is 5.19. The number of rotatable bonds is 10. The van der Waals surface area contributed by atoms with Gasteiger partial charge in [0.1, 0.15) is 36.6 Å². The summed E-state index contributed by atoms with van der Waals surface area (Å²) in [5.41, 5.74) is 7.62. The predicted molar refractivity (Wildman–Crippen MR) is 193 cm³/mol. The Hall–Kier alpha value is -0.360. The summed E-state index contributed by atoms with van der Waals surface area (Å²) in [5.74, 6) is 4.11. The summed E-state index contributed by atoms with van der Waals surface area (Å²) in [4.78, 5) is 0. The van der Waals surface area contributed by atoms with Crippen LogP contribution >= 0.6 is 0 Å². The van der Waals surface area contributed by atoms with Gasteiger partial charge in [-0.15, -0.1) is 0 Å². The molecule has 6 fully saturated rings. The molecule has 0 aromatic carbocycles. The van der Waals surface area contributed by atoms with E-state index in [-0.39, 0.29) is 6.54 Å². The number of aliphatic hydroxyl groups excluding tert-OH is 6. The smallest absolute Gasteiger partial charge is 0.186 e. The van der Waals surface area contributed by atoms with E-state index in [0.29, 0.717) is 51.2 Å². The van der Waals surface area contributed by atoms with Crippen LogP contribution in [-0.2, 0) is 9.47 Å². The largest absolute Gasteiger partial charge is 0.390 e. The van der Waals surface area contributed by atoms with Crippen LogP contribution in [0, 0.1) is 62.6 Å². The highest BCUT2D eigenvalue weighted by atomic mass is 16.7. The van der Waals surface area contributed by atoms with E-state index in [0.717, 1.165) is 24.2 Å². The van der Waals surface area contributed by atoms with Gasteiger partial charge in [0.25, 0.3) is 0 Å². The van der Waals surface area contributed by atoms with Gasteiger partial charge in [0.15, 0.2) is 6.29 Å². The highest BCUT2D eigenvalue weighted by Gasteiger charge is 2.70. The molecule has 6 rings (SSSR count). The standard InChI is InChI=1S/C41H73NO8/c1-23(9-10-26(43)32(45)27(44)22-49-36-35(48)34(47)33(46)28(21-42)50-36)24-13-18-38(4)25(24)14-19-40(6)30(38)11-12-31-39(5)17-8-16-37(2,3)29(39)15-20-41(31,40)7/h23-36,43-48H,8-22,42H2,1-7H3. The molecule has 0 spiro atoms. The Morgan fingerprint density at radius 1 is 0.700 bits per heavy atom. The van der Waals surface area contributed by atoms with Crippen LogP contribution in [-0.4, -0.2) is 92.8 Å². The molecule has 1 aliphatic heterocycles. The quantitative estimate of drug-likeness (QED) is 0.170. The number of hydrogen-bond donors (Lipinski definition) is 7. The zero-order valence-corrected chi connectivity index (χ0v) is 32.3. The van der Waals surface area contributed by atoms with Crippen LogP contribution in [0.3, 0.4) is 0 Å². The fourth-order valence-electron chi connectivity index (χ4n) is 14.6. The number of hydrogen-bond acceptors (Lipinski definition) is 9. The molecule has 50 heavy (non-hydrogen) atoms. The molecule has 0 amide bonds. The van der Waals surface area contributed by atoms with Crippen LogP contribution in [0.15, 0.2) is 0 Å². The lowest BCUT2D eigenvalue weighted by atomic mass is 9.32. The molecule has 18 unspecified atom stereocenters. The van der Waals surface area contributed by atoms with Gasteiger partial charge in [-0.25, -0.2) is 0 Å². The van der Waals surface area contributed by atoms with Crippen LogP contribution in [0.25, 0.3) is 0 Å². The Balaban J connectivity index is 1.05. The van der Waals surface area contributed by atoms with Crippen LogP contribution in [0.2, 0.25) is 0 Å². The topological polar surface area (TPSA) is 166 Å². The number of nitrogens with two attached hydrogens (primary N) is 1. The molecule has 18 atom stereocenters. The first kappa shape index (κ1) is 39.3. The van der Waals surface area contributed by atoms with Crippen molar-refractivity contribution in [3.63, 3.8) is 0 Å². The monoisotopic (exact) mass is 708 g/mol. The van der Waals surface area contributed by atoms with E-state index in [9.17, 15) is 30.6 Å².